The van der Waals surface area contributed by atoms with Gasteiger partial charge < -0.3 is 0 Å². The van der Waals surface area contributed by atoms with Gasteiger partial charge in [-0.1, -0.05) is 29.8 Å². The van der Waals surface area contributed by atoms with Gasteiger partial charge in [-0.05, 0) is 42.7 Å². The molecule has 0 N–H and O–H groups in total. The number of benzene rings is 2. The molecule has 2 aromatic carbocycles. The Labute approximate surface area is 117 Å². The van der Waals surface area contributed by atoms with Gasteiger partial charge in [0.15, 0.2) is 0 Å². The van der Waals surface area contributed by atoms with Crippen LogP contribution in [-0.4, -0.2) is 5.78 Å². The van der Waals surface area contributed by atoms with Gasteiger partial charge in [0, 0.05) is 12.8 Å². The van der Waals surface area contributed by atoms with Gasteiger partial charge in [-0.15, -0.1) is 0 Å². The van der Waals surface area contributed by atoms with Crippen molar-refractivity contribution in [2.24, 2.45) is 0 Å². The van der Waals surface area contributed by atoms with Crippen LogP contribution in [0.3, 0.4) is 0 Å². The molecule has 0 unspecified atom stereocenters. The largest absolute Gasteiger partial charge is 0.299 e. The molecule has 2 rings (SSSR count). The lowest BCUT2D eigenvalue weighted by molar-refractivity contribution is -0.118. The second-order valence-electron chi connectivity index (χ2n) is 4.94. The highest BCUT2D eigenvalue weighted by Gasteiger charge is 2.09. The molecule has 0 aliphatic rings. The molecule has 0 saturated heterocycles. The summed E-state index contributed by atoms with van der Waals surface area (Å²) >= 11 is 0. The monoisotopic (exact) mass is 274 g/mol. The van der Waals surface area contributed by atoms with Gasteiger partial charge in [-0.3, -0.25) is 4.79 Å². The van der Waals surface area contributed by atoms with Gasteiger partial charge in [0.05, 0.1) is 0 Å². The average Bonchev–Trinajstić information content (AvgIpc) is 2.42. The lowest BCUT2D eigenvalue weighted by atomic mass is 10.0. The van der Waals surface area contributed by atoms with Crippen molar-refractivity contribution in [2.75, 3.05) is 0 Å². The molecule has 0 heterocycles. The minimum Gasteiger partial charge on any atom is -0.299 e. The van der Waals surface area contributed by atoms with Gasteiger partial charge >= 0.3 is 0 Å². The van der Waals surface area contributed by atoms with Crippen LogP contribution in [0.25, 0.3) is 0 Å². The molecule has 0 aliphatic carbocycles. The molecule has 0 bridgehead atoms. The predicted octanol–water partition coefficient (Wildman–Crippen LogP) is 4.02. The average molecular weight is 274 g/mol. The standard InChI is InChI=1S/C17H16F2O/c1-12-2-4-13(5-3-12)6-8-16(20)11-14-10-15(18)7-9-17(14)19/h2-5,7,9-10H,6,8,11H2,1H3. The summed E-state index contributed by atoms with van der Waals surface area (Å²) in [7, 11) is 0. The van der Waals surface area contributed by atoms with Crippen LogP contribution in [0.4, 0.5) is 8.78 Å². The minimum atomic E-state index is -0.532. The number of ketones is 1. The van der Waals surface area contributed by atoms with E-state index in [-0.39, 0.29) is 17.8 Å². The first-order valence-corrected chi connectivity index (χ1v) is 6.56. The Morgan fingerprint density at radius 3 is 2.45 bits per heavy atom. The molecular weight excluding hydrogens is 258 g/mol. The van der Waals surface area contributed by atoms with Crippen molar-refractivity contribution in [1.29, 1.82) is 0 Å². The number of Topliss-reactive ketones (excluding diaryl/α,β-unsaturated/α-hetero) is 1. The molecule has 104 valence electrons. The number of carbonyl (C=O) groups excluding carboxylic acids is 1. The van der Waals surface area contributed by atoms with E-state index in [1.54, 1.807) is 0 Å². The molecule has 0 spiro atoms. The summed E-state index contributed by atoms with van der Waals surface area (Å²) in [6.45, 7) is 2.00. The van der Waals surface area contributed by atoms with E-state index in [2.05, 4.69) is 0 Å². The summed E-state index contributed by atoms with van der Waals surface area (Å²) in [5, 5.41) is 0. The topological polar surface area (TPSA) is 17.1 Å². The fraction of sp³-hybridized carbons (Fsp3) is 0.235. The molecule has 0 aliphatic heterocycles. The highest BCUT2D eigenvalue weighted by atomic mass is 19.1. The molecule has 0 fully saturated rings. The molecule has 20 heavy (non-hydrogen) atoms. The van der Waals surface area contributed by atoms with E-state index >= 15 is 0 Å². The lowest BCUT2D eigenvalue weighted by Gasteiger charge is -2.04. The summed E-state index contributed by atoms with van der Waals surface area (Å²) < 4.78 is 26.4. The van der Waals surface area contributed by atoms with Gasteiger partial charge in [0.1, 0.15) is 17.4 Å². The van der Waals surface area contributed by atoms with Crippen LogP contribution in [0.1, 0.15) is 23.1 Å². The number of hydrogen-bond acceptors (Lipinski definition) is 1. The number of halogens is 2. The van der Waals surface area contributed by atoms with E-state index in [9.17, 15) is 13.6 Å². The van der Waals surface area contributed by atoms with Gasteiger partial charge in [-0.2, -0.15) is 0 Å². The summed E-state index contributed by atoms with van der Waals surface area (Å²) in [6.07, 6.45) is 0.893. The third-order valence-electron chi connectivity index (χ3n) is 3.21. The molecular formula is C17H16F2O. The quantitative estimate of drug-likeness (QED) is 0.805. The van der Waals surface area contributed by atoms with Crippen molar-refractivity contribution in [3.05, 3.63) is 70.8 Å². The Hall–Kier alpha value is -2.03. The van der Waals surface area contributed by atoms with E-state index in [0.29, 0.717) is 12.8 Å². The third kappa shape index (κ3) is 3.98. The van der Waals surface area contributed by atoms with Gasteiger partial charge in [0.25, 0.3) is 0 Å². The summed E-state index contributed by atoms with van der Waals surface area (Å²) in [5.74, 6) is -1.14. The Morgan fingerprint density at radius 2 is 1.75 bits per heavy atom. The Balaban J connectivity index is 1.92. The summed E-state index contributed by atoms with van der Waals surface area (Å²) in [5.41, 5.74) is 2.37. The van der Waals surface area contributed by atoms with Crippen LogP contribution in [0, 0.1) is 18.6 Å². The lowest BCUT2D eigenvalue weighted by Crippen LogP contribution is -2.06. The maximum absolute atomic E-state index is 13.4. The zero-order valence-corrected chi connectivity index (χ0v) is 11.3. The smallest absolute Gasteiger partial charge is 0.137 e. The normalized spacial score (nSPS) is 10.6. The van der Waals surface area contributed by atoms with Crippen LogP contribution < -0.4 is 0 Å². The fourth-order valence-electron chi connectivity index (χ4n) is 2.02. The van der Waals surface area contributed by atoms with E-state index in [1.165, 1.54) is 5.56 Å². The van der Waals surface area contributed by atoms with Crippen molar-refractivity contribution in [3.63, 3.8) is 0 Å². The number of hydrogen-bond donors (Lipinski definition) is 0. The van der Waals surface area contributed by atoms with E-state index in [1.807, 2.05) is 31.2 Å². The zero-order chi connectivity index (χ0) is 14.5. The molecule has 0 saturated carbocycles. The second kappa shape index (κ2) is 6.42. The molecule has 0 radical (unpaired) electrons. The Bertz CT molecular complexity index is 603. The van der Waals surface area contributed by atoms with Crippen LogP contribution in [-0.2, 0) is 17.6 Å². The van der Waals surface area contributed by atoms with Crippen molar-refractivity contribution >= 4 is 5.78 Å². The van der Waals surface area contributed by atoms with Crippen LogP contribution >= 0.6 is 0 Å². The molecule has 3 heteroatoms. The van der Waals surface area contributed by atoms with Crippen LogP contribution in [0.15, 0.2) is 42.5 Å². The second-order valence-corrected chi connectivity index (χ2v) is 4.94. The van der Waals surface area contributed by atoms with Gasteiger partial charge in [0.2, 0.25) is 0 Å². The number of carbonyl (C=O) groups is 1. The number of aryl methyl sites for hydroxylation is 2. The summed E-state index contributed by atoms with van der Waals surface area (Å²) in [4.78, 5) is 11.8. The molecule has 0 atom stereocenters. The number of rotatable bonds is 5. The predicted molar refractivity (Wildman–Crippen MR) is 74.6 cm³/mol. The maximum atomic E-state index is 13.4. The van der Waals surface area contributed by atoms with E-state index < -0.39 is 11.6 Å². The Kier molecular flexibility index (Phi) is 4.61. The van der Waals surface area contributed by atoms with Crippen LogP contribution in [0.2, 0.25) is 0 Å². The first-order chi connectivity index (χ1) is 9.54. The zero-order valence-electron chi connectivity index (χ0n) is 11.3. The molecule has 2 aromatic rings. The van der Waals surface area contributed by atoms with Crippen LogP contribution in [0.5, 0.6) is 0 Å². The van der Waals surface area contributed by atoms with E-state index in [4.69, 9.17) is 0 Å². The first-order valence-electron chi connectivity index (χ1n) is 6.56. The highest BCUT2D eigenvalue weighted by molar-refractivity contribution is 5.81. The first kappa shape index (κ1) is 14.4. The van der Waals surface area contributed by atoms with Crippen molar-refractivity contribution in [3.8, 4) is 0 Å². The van der Waals surface area contributed by atoms with Crippen molar-refractivity contribution in [1.82, 2.24) is 0 Å². The van der Waals surface area contributed by atoms with E-state index in [0.717, 1.165) is 23.8 Å². The molecule has 0 aromatic heterocycles. The minimum absolute atomic E-state index is 0.0601. The van der Waals surface area contributed by atoms with Crippen molar-refractivity contribution in [2.45, 2.75) is 26.2 Å². The fourth-order valence-corrected chi connectivity index (χ4v) is 2.02. The Morgan fingerprint density at radius 1 is 1.05 bits per heavy atom. The van der Waals surface area contributed by atoms with Crippen molar-refractivity contribution < 1.29 is 13.6 Å². The third-order valence-corrected chi connectivity index (χ3v) is 3.21. The molecule has 0 amide bonds. The maximum Gasteiger partial charge on any atom is 0.137 e. The SMILES string of the molecule is Cc1ccc(CCC(=O)Cc2cc(F)ccc2F)cc1. The van der Waals surface area contributed by atoms with Gasteiger partial charge in [-0.25, -0.2) is 8.78 Å². The molecule has 1 nitrogen and oxygen atoms in total. The highest BCUT2D eigenvalue weighted by Crippen LogP contribution is 2.13. The summed E-state index contributed by atoms with van der Waals surface area (Å²) in [6, 6.07) is 11.1.